The number of methoxy groups -OCH3 is 1. The fraction of sp³-hybridized carbons (Fsp3) is 0.429. The molecule has 6 nitrogen and oxygen atoms in total. The SMILES string of the molecule is COc1ccccc1CCNC(=O)N1CSCC1C(=O)O. The van der Waals surface area contributed by atoms with E-state index < -0.39 is 12.0 Å². The summed E-state index contributed by atoms with van der Waals surface area (Å²) >= 11 is 1.45. The molecule has 2 N–H and O–H groups in total. The van der Waals surface area contributed by atoms with Crippen LogP contribution in [0.2, 0.25) is 0 Å². The Morgan fingerprint density at radius 3 is 2.95 bits per heavy atom. The quantitative estimate of drug-likeness (QED) is 0.859. The van der Waals surface area contributed by atoms with Crippen LogP contribution in [-0.2, 0) is 11.2 Å². The van der Waals surface area contributed by atoms with Gasteiger partial charge >= 0.3 is 12.0 Å². The molecule has 1 atom stereocenters. The van der Waals surface area contributed by atoms with Crippen molar-refractivity contribution in [1.82, 2.24) is 10.2 Å². The molecule has 1 aromatic rings. The van der Waals surface area contributed by atoms with Gasteiger partial charge in [0, 0.05) is 12.3 Å². The maximum absolute atomic E-state index is 12.0. The van der Waals surface area contributed by atoms with Crippen molar-refractivity contribution in [2.45, 2.75) is 12.5 Å². The van der Waals surface area contributed by atoms with Crippen LogP contribution in [0.3, 0.4) is 0 Å². The van der Waals surface area contributed by atoms with E-state index in [1.807, 2.05) is 24.3 Å². The largest absolute Gasteiger partial charge is 0.496 e. The number of amides is 2. The third kappa shape index (κ3) is 3.81. The van der Waals surface area contributed by atoms with Crippen LogP contribution < -0.4 is 10.1 Å². The molecule has 0 spiro atoms. The Morgan fingerprint density at radius 2 is 2.24 bits per heavy atom. The van der Waals surface area contributed by atoms with Crippen LogP contribution in [0.25, 0.3) is 0 Å². The first-order valence-electron chi connectivity index (χ1n) is 6.60. The zero-order valence-corrected chi connectivity index (χ0v) is 12.6. The second-order valence-electron chi connectivity index (χ2n) is 4.62. The molecule has 1 unspecified atom stereocenters. The number of nitrogens with one attached hydrogen (secondary N) is 1. The lowest BCUT2D eigenvalue weighted by Gasteiger charge is -2.21. The Hall–Kier alpha value is -1.89. The minimum atomic E-state index is -0.958. The van der Waals surface area contributed by atoms with Gasteiger partial charge in [0.15, 0.2) is 0 Å². The van der Waals surface area contributed by atoms with Crippen LogP contribution in [0.15, 0.2) is 24.3 Å². The van der Waals surface area contributed by atoms with Gasteiger partial charge in [-0.2, -0.15) is 0 Å². The van der Waals surface area contributed by atoms with Crippen molar-refractivity contribution in [1.29, 1.82) is 0 Å². The third-order valence-electron chi connectivity index (χ3n) is 3.29. The predicted octanol–water partition coefficient (Wildman–Crippen LogP) is 1.41. The van der Waals surface area contributed by atoms with E-state index in [1.165, 1.54) is 16.7 Å². The summed E-state index contributed by atoms with van der Waals surface area (Å²) in [7, 11) is 1.61. The van der Waals surface area contributed by atoms with Crippen LogP contribution >= 0.6 is 11.8 Å². The van der Waals surface area contributed by atoms with Gasteiger partial charge in [0.25, 0.3) is 0 Å². The molecular formula is C14H18N2O4S. The van der Waals surface area contributed by atoms with Crippen molar-refractivity contribution in [3.63, 3.8) is 0 Å². The van der Waals surface area contributed by atoms with Gasteiger partial charge in [-0.3, -0.25) is 0 Å². The van der Waals surface area contributed by atoms with Crippen LogP contribution in [0, 0.1) is 0 Å². The molecule has 1 saturated heterocycles. The van der Waals surface area contributed by atoms with Gasteiger partial charge in [-0.05, 0) is 18.1 Å². The number of benzene rings is 1. The van der Waals surface area contributed by atoms with Crippen molar-refractivity contribution < 1.29 is 19.4 Å². The van der Waals surface area contributed by atoms with E-state index in [1.54, 1.807) is 7.11 Å². The Bertz CT molecular complexity index is 523. The highest BCUT2D eigenvalue weighted by atomic mass is 32.2. The number of hydrogen-bond acceptors (Lipinski definition) is 4. The van der Waals surface area contributed by atoms with Gasteiger partial charge in [0.2, 0.25) is 0 Å². The number of hydrogen-bond donors (Lipinski definition) is 2. The van der Waals surface area contributed by atoms with Gasteiger partial charge in [-0.25, -0.2) is 9.59 Å². The van der Waals surface area contributed by atoms with Gasteiger partial charge in [-0.1, -0.05) is 18.2 Å². The standard InChI is InChI=1S/C14H18N2O4S/c1-20-12-5-3-2-4-10(12)6-7-15-14(19)16-9-21-8-11(16)13(17)18/h2-5,11H,6-9H2,1H3,(H,15,19)(H,17,18). The molecule has 0 aliphatic carbocycles. The number of carbonyl (C=O) groups is 2. The average Bonchev–Trinajstić information content (AvgIpc) is 2.97. The average molecular weight is 310 g/mol. The van der Waals surface area contributed by atoms with E-state index in [4.69, 9.17) is 9.84 Å². The molecule has 1 aromatic carbocycles. The van der Waals surface area contributed by atoms with Gasteiger partial charge < -0.3 is 20.1 Å². The van der Waals surface area contributed by atoms with Gasteiger partial charge in [-0.15, -0.1) is 11.8 Å². The number of ether oxygens (including phenoxy) is 1. The summed E-state index contributed by atoms with van der Waals surface area (Å²) in [5.41, 5.74) is 1.01. The lowest BCUT2D eigenvalue weighted by Crippen LogP contribution is -2.47. The fourth-order valence-corrected chi connectivity index (χ4v) is 3.31. The number of nitrogens with zero attached hydrogens (tertiary/aromatic N) is 1. The molecule has 114 valence electrons. The van der Waals surface area contributed by atoms with E-state index in [9.17, 15) is 9.59 Å². The predicted molar refractivity (Wildman–Crippen MR) is 80.7 cm³/mol. The topological polar surface area (TPSA) is 78.9 Å². The summed E-state index contributed by atoms with van der Waals surface area (Å²) in [6.07, 6.45) is 0.633. The summed E-state index contributed by atoms with van der Waals surface area (Å²) in [5.74, 6) is 0.680. The Morgan fingerprint density at radius 1 is 1.48 bits per heavy atom. The van der Waals surface area contributed by atoms with E-state index in [-0.39, 0.29) is 6.03 Å². The highest BCUT2D eigenvalue weighted by molar-refractivity contribution is 7.99. The Kier molecular flexibility index (Phi) is 5.32. The Labute approximate surface area is 127 Å². The van der Waals surface area contributed by atoms with Crippen LogP contribution in [0.4, 0.5) is 4.79 Å². The normalized spacial score (nSPS) is 17.6. The summed E-state index contributed by atoms with van der Waals surface area (Å²) < 4.78 is 5.25. The molecule has 0 bridgehead atoms. The van der Waals surface area contributed by atoms with Gasteiger partial charge in [0.1, 0.15) is 11.8 Å². The number of aliphatic carboxylic acids is 1. The minimum absolute atomic E-state index is 0.331. The zero-order chi connectivity index (χ0) is 15.2. The molecule has 1 aliphatic heterocycles. The number of urea groups is 1. The number of carbonyl (C=O) groups excluding carboxylic acids is 1. The van der Waals surface area contributed by atoms with E-state index in [0.717, 1.165) is 11.3 Å². The molecule has 1 aliphatic rings. The second kappa shape index (κ2) is 7.21. The molecule has 0 radical (unpaired) electrons. The molecular weight excluding hydrogens is 292 g/mol. The van der Waals surface area contributed by atoms with Crippen molar-refractivity contribution in [2.24, 2.45) is 0 Å². The van der Waals surface area contributed by atoms with Crippen molar-refractivity contribution in [3.8, 4) is 5.75 Å². The highest BCUT2D eigenvalue weighted by Gasteiger charge is 2.34. The van der Waals surface area contributed by atoms with Crippen molar-refractivity contribution in [3.05, 3.63) is 29.8 Å². The second-order valence-corrected chi connectivity index (χ2v) is 5.62. The highest BCUT2D eigenvalue weighted by Crippen LogP contribution is 2.21. The Balaban J connectivity index is 1.85. The van der Waals surface area contributed by atoms with Crippen LogP contribution in [0.5, 0.6) is 5.75 Å². The smallest absolute Gasteiger partial charge is 0.327 e. The van der Waals surface area contributed by atoms with E-state index in [2.05, 4.69) is 5.32 Å². The monoisotopic (exact) mass is 310 g/mol. The van der Waals surface area contributed by atoms with Crippen LogP contribution in [0.1, 0.15) is 5.56 Å². The van der Waals surface area contributed by atoms with Crippen molar-refractivity contribution in [2.75, 3.05) is 25.3 Å². The molecule has 1 heterocycles. The number of para-hydroxylation sites is 1. The first kappa shape index (κ1) is 15.5. The van der Waals surface area contributed by atoms with E-state index >= 15 is 0 Å². The van der Waals surface area contributed by atoms with Crippen LogP contribution in [-0.4, -0.2) is 53.3 Å². The summed E-state index contributed by atoms with van der Waals surface area (Å²) in [6.45, 7) is 0.437. The number of rotatable bonds is 5. The maximum Gasteiger partial charge on any atom is 0.327 e. The third-order valence-corrected chi connectivity index (χ3v) is 4.30. The lowest BCUT2D eigenvalue weighted by molar-refractivity contribution is -0.140. The first-order chi connectivity index (χ1) is 10.1. The summed E-state index contributed by atoms with van der Waals surface area (Å²) in [5, 5.41) is 11.8. The summed E-state index contributed by atoms with van der Waals surface area (Å²) in [4.78, 5) is 24.4. The number of carboxylic acids is 1. The summed E-state index contributed by atoms with van der Waals surface area (Å²) in [6, 6.07) is 6.55. The van der Waals surface area contributed by atoms with Gasteiger partial charge in [0.05, 0.1) is 13.0 Å². The molecule has 1 fully saturated rings. The van der Waals surface area contributed by atoms with E-state index in [0.29, 0.717) is 24.6 Å². The zero-order valence-electron chi connectivity index (χ0n) is 11.7. The molecule has 0 aromatic heterocycles. The number of carboxylic acid groups (broad SMARTS) is 1. The lowest BCUT2D eigenvalue weighted by atomic mass is 10.1. The minimum Gasteiger partial charge on any atom is -0.496 e. The maximum atomic E-state index is 12.0. The van der Waals surface area contributed by atoms with Crippen molar-refractivity contribution >= 4 is 23.8 Å². The molecule has 2 rings (SSSR count). The first-order valence-corrected chi connectivity index (χ1v) is 7.76. The molecule has 0 saturated carbocycles. The fourth-order valence-electron chi connectivity index (χ4n) is 2.16. The molecule has 7 heteroatoms. The number of thioether (sulfide) groups is 1. The molecule has 21 heavy (non-hydrogen) atoms. The molecule has 2 amide bonds.